The first-order chi connectivity index (χ1) is 17.5. The van der Waals surface area contributed by atoms with Crippen LogP contribution in [0.2, 0.25) is 0 Å². The molecule has 4 aromatic heterocycles. The first kappa shape index (κ1) is 22.9. The van der Waals surface area contributed by atoms with E-state index in [-0.39, 0.29) is 6.04 Å². The maximum Gasteiger partial charge on any atom is 0.417 e. The maximum atomic E-state index is 13.3. The number of fused-ring (bicyclic) bond motifs is 1. The number of alkyl halides is 3. The molecule has 2 aliphatic heterocycles. The lowest BCUT2D eigenvalue weighted by Crippen LogP contribution is -2.53. The second-order valence-corrected chi connectivity index (χ2v) is 9.10. The van der Waals surface area contributed by atoms with Crippen molar-refractivity contribution in [2.75, 3.05) is 37.7 Å². The zero-order valence-corrected chi connectivity index (χ0v) is 19.4. The molecule has 9 nitrogen and oxygen atoms in total. The summed E-state index contributed by atoms with van der Waals surface area (Å²) in [6.45, 7) is 3.87. The normalized spacial score (nSPS) is 20.3. The molecule has 36 heavy (non-hydrogen) atoms. The van der Waals surface area contributed by atoms with E-state index < -0.39 is 11.7 Å². The number of nitrogens with zero attached hydrogens (tertiary/aromatic N) is 7. The summed E-state index contributed by atoms with van der Waals surface area (Å²) < 4.78 is 46.8. The summed E-state index contributed by atoms with van der Waals surface area (Å²) in [5.41, 5.74) is 1.17. The lowest BCUT2D eigenvalue weighted by Gasteiger charge is -2.46. The summed E-state index contributed by atoms with van der Waals surface area (Å²) in [6, 6.07) is 4.79. The number of nitrogens with one attached hydrogen (secondary N) is 1. The predicted molar refractivity (Wildman–Crippen MR) is 125 cm³/mol. The molecule has 0 bridgehead atoms. The van der Waals surface area contributed by atoms with E-state index in [1.54, 1.807) is 6.20 Å². The molecule has 0 radical (unpaired) electrons. The second kappa shape index (κ2) is 9.17. The Kier molecular flexibility index (Phi) is 5.84. The minimum atomic E-state index is -4.45. The van der Waals surface area contributed by atoms with E-state index in [1.165, 1.54) is 16.7 Å². The number of pyridine rings is 1. The summed E-state index contributed by atoms with van der Waals surface area (Å²) in [5, 5.41) is 7.10. The average Bonchev–Trinajstić information content (AvgIpc) is 3.59. The van der Waals surface area contributed by atoms with Crippen LogP contribution in [-0.4, -0.2) is 73.3 Å². The van der Waals surface area contributed by atoms with Gasteiger partial charge in [-0.25, -0.2) is 15.0 Å². The fourth-order valence-corrected chi connectivity index (χ4v) is 5.16. The lowest BCUT2D eigenvalue weighted by atomic mass is 9.99. The van der Waals surface area contributed by atoms with Gasteiger partial charge in [-0.15, -0.1) is 0 Å². The van der Waals surface area contributed by atoms with Gasteiger partial charge in [0.15, 0.2) is 5.82 Å². The number of piperazine rings is 1. The van der Waals surface area contributed by atoms with E-state index in [9.17, 15) is 13.2 Å². The van der Waals surface area contributed by atoms with Crippen LogP contribution in [0.5, 0.6) is 0 Å². The highest BCUT2D eigenvalue weighted by atomic mass is 19.4. The predicted octanol–water partition coefficient (Wildman–Crippen LogP) is 3.58. The molecule has 1 atom stereocenters. The topological polar surface area (TPSA) is 87.5 Å². The van der Waals surface area contributed by atoms with Crippen molar-refractivity contribution < 1.29 is 17.9 Å². The van der Waals surface area contributed by atoms with Crippen molar-refractivity contribution in [3.05, 3.63) is 60.3 Å². The largest absolute Gasteiger partial charge is 0.417 e. The van der Waals surface area contributed by atoms with Crippen molar-refractivity contribution in [1.82, 2.24) is 34.4 Å². The molecule has 2 fully saturated rings. The van der Waals surface area contributed by atoms with E-state index in [4.69, 9.17) is 9.72 Å². The van der Waals surface area contributed by atoms with Gasteiger partial charge >= 0.3 is 6.18 Å². The molecule has 0 aliphatic carbocycles. The SMILES string of the molecule is FC(F)(F)c1ccc2ncc(-c3nccc(N4CCN(C5CCOCC5)C(c5cn[nH]c5)C4)n3)n2c1. The summed E-state index contributed by atoms with van der Waals surface area (Å²) in [7, 11) is 0. The first-order valence-corrected chi connectivity index (χ1v) is 11.9. The number of aromatic amines is 1. The van der Waals surface area contributed by atoms with E-state index in [2.05, 4.69) is 30.0 Å². The van der Waals surface area contributed by atoms with Crippen LogP contribution in [0, 0.1) is 0 Å². The Bertz CT molecular complexity index is 1330. The molecule has 0 spiro atoms. The second-order valence-electron chi connectivity index (χ2n) is 9.10. The summed E-state index contributed by atoms with van der Waals surface area (Å²) in [5.74, 6) is 1.05. The standard InChI is InChI=1S/C24H25F3N8O/c25-24(26,27)17-1-2-21-29-13-19(35(21)14-17)23-28-6-3-22(32-23)33-7-8-34(18-4-9-36-10-5-18)20(15-33)16-11-30-31-12-16/h1-3,6,11-14,18,20H,4-5,7-10,15H2,(H,30,31). The van der Waals surface area contributed by atoms with Crippen molar-refractivity contribution in [3.63, 3.8) is 0 Å². The number of H-pyrrole nitrogens is 1. The molecular weight excluding hydrogens is 473 g/mol. The third kappa shape index (κ3) is 4.30. The first-order valence-electron chi connectivity index (χ1n) is 11.9. The Labute approximate surface area is 204 Å². The quantitative estimate of drug-likeness (QED) is 0.460. The minimum absolute atomic E-state index is 0.129. The van der Waals surface area contributed by atoms with Crippen molar-refractivity contribution in [1.29, 1.82) is 0 Å². The van der Waals surface area contributed by atoms with Gasteiger partial charge in [-0.2, -0.15) is 18.3 Å². The molecule has 12 heteroatoms. The minimum Gasteiger partial charge on any atom is -0.381 e. The third-order valence-electron chi connectivity index (χ3n) is 7.01. The highest BCUT2D eigenvalue weighted by Crippen LogP contribution is 2.33. The Morgan fingerprint density at radius 2 is 1.89 bits per heavy atom. The van der Waals surface area contributed by atoms with Crippen LogP contribution >= 0.6 is 0 Å². The molecule has 4 aromatic rings. The van der Waals surface area contributed by atoms with E-state index in [0.717, 1.165) is 62.8 Å². The molecule has 2 aliphatic rings. The van der Waals surface area contributed by atoms with Gasteiger partial charge < -0.3 is 9.64 Å². The fourth-order valence-electron chi connectivity index (χ4n) is 5.16. The molecule has 6 rings (SSSR count). The van der Waals surface area contributed by atoms with Gasteiger partial charge in [0.2, 0.25) is 0 Å². The van der Waals surface area contributed by atoms with Crippen LogP contribution in [0.4, 0.5) is 19.0 Å². The molecule has 2 saturated heterocycles. The highest BCUT2D eigenvalue weighted by Gasteiger charge is 2.35. The summed E-state index contributed by atoms with van der Waals surface area (Å²) >= 11 is 0. The van der Waals surface area contributed by atoms with Gasteiger partial charge in [0.1, 0.15) is 17.2 Å². The molecular formula is C24H25F3N8O. The number of hydrogen-bond donors (Lipinski definition) is 1. The van der Waals surface area contributed by atoms with Crippen LogP contribution in [0.25, 0.3) is 17.2 Å². The number of rotatable bonds is 4. The van der Waals surface area contributed by atoms with Crippen molar-refractivity contribution in [2.45, 2.75) is 31.1 Å². The maximum absolute atomic E-state index is 13.3. The average molecular weight is 499 g/mol. The number of halogens is 3. The molecule has 1 unspecified atom stereocenters. The fraction of sp³-hybridized carbons (Fsp3) is 0.417. The Morgan fingerprint density at radius 1 is 1.03 bits per heavy atom. The zero-order valence-electron chi connectivity index (χ0n) is 19.4. The third-order valence-corrected chi connectivity index (χ3v) is 7.01. The van der Waals surface area contributed by atoms with Gasteiger partial charge in [-0.1, -0.05) is 0 Å². The van der Waals surface area contributed by atoms with Crippen LogP contribution in [0.3, 0.4) is 0 Å². The van der Waals surface area contributed by atoms with Gasteiger partial charge in [-0.05, 0) is 31.0 Å². The van der Waals surface area contributed by atoms with Crippen LogP contribution < -0.4 is 4.90 Å². The van der Waals surface area contributed by atoms with Gasteiger partial charge in [-0.3, -0.25) is 14.4 Å². The van der Waals surface area contributed by atoms with E-state index >= 15 is 0 Å². The van der Waals surface area contributed by atoms with E-state index in [0.29, 0.717) is 29.8 Å². The van der Waals surface area contributed by atoms with Crippen molar-refractivity contribution in [3.8, 4) is 11.5 Å². The molecule has 1 N–H and O–H groups in total. The smallest absolute Gasteiger partial charge is 0.381 e. The van der Waals surface area contributed by atoms with Crippen molar-refractivity contribution >= 4 is 11.5 Å². The number of hydrogen-bond acceptors (Lipinski definition) is 7. The number of anilines is 1. The van der Waals surface area contributed by atoms with Crippen LogP contribution in [0.1, 0.15) is 30.0 Å². The lowest BCUT2D eigenvalue weighted by molar-refractivity contribution is -0.137. The number of imidazole rings is 1. The Hall–Kier alpha value is -3.51. The number of aromatic nitrogens is 6. The van der Waals surface area contributed by atoms with Gasteiger partial charge in [0.05, 0.1) is 24.0 Å². The monoisotopic (exact) mass is 498 g/mol. The van der Waals surface area contributed by atoms with Crippen LogP contribution in [-0.2, 0) is 10.9 Å². The number of ether oxygens (including phenoxy) is 1. The molecule has 0 aromatic carbocycles. The van der Waals surface area contributed by atoms with Gasteiger partial charge in [0, 0.05) is 63.0 Å². The Morgan fingerprint density at radius 3 is 2.67 bits per heavy atom. The summed E-state index contributed by atoms with van der Waals surface area (Å²) in [4.78, 5) is 18.1. The molecule has 6 heterocycles. The Balaban J connectivity index is 1.30. The molecule has 0 saturated carbocycles. The van der Waals surface area contributed by atoms with Crippen molar-refractivity contribution in [2.24, 2.45) is 0 Å². The summed E-state index contributed by atoms with van der Waals surface area (Å²) in [6.07, 6.45) is 5.53. The molecule has 188 valence electrons. The van der Waals surface area contributed by atoms with Crippen LogP contribution in [0.15, 0.2) is 49.2 Å². The van der Waals surface area contributed by atoms with E-state index in [1.807, 2.05) is 18.5 Å². The highest BCUT2D eigenvalue weighted by molar-refractivity contribution is 5.59. The molecule has 0 amide bonds. The van der Waals surface area contributed by atoms with Gasteiger partial charge in [0.25, 0.3) is 0 Å². The zero-order chi connectivity index (χ0) is 24.7.